The number of aryl methyl sites for hydroxylation is 1. The van der Waals surface area contributed by atoms with Crippen LogP contribution in [0, 0.1) is 6.92 Å². The van der Waals surface area contributed by atoms with Gasteiger partial charge in [-0.1, -0.05) is 30.2 Å². The number of hydrogen-bond donors (Lipinski definition) is 2. The Kier molecular flexibility index (Phi) is 4.01. The summed E-state index contributed by atoms with van der Waals surface area (Å²) >= 11 is 0. The molecule has 11 heteroatoms. The minimum Gasteiger partial charge on any atom is -0.481 e. The zero-order valence-electron chi connectivity index (χ0n) is 23.1. The first kappa shape index (κ1) is 16.2. The predicted molar refractivity (Wildman–Crippen MR) is 123 cm³/mol. The van der Waals surface area contributed by atoms with E-state index in [-0.39, 0.29) is 46.5 Å². The average molecular weight is 464 g/mol. The number of methoxy groups -OCH3 is 1. The molecule has 0 unspecified atom stereocenters. The van der Waals surface area contributed by atoms with E-state index in [1.54, 1.807) is 6.92 Å². The minimum atomic E-state index is -0.658. The van der Waals surface area contributed by atoms with Crippen molar-refractivity contribution >= 4 is 11.6 Å². The number of anilines is 1. The standard InChI is InChI=1S/C23H21N7O4/c1-13-17(25-12-34-13)10-29-23(32)30-21(28-29)19(15-8-16(11-31)26-18(9-15)33-2)20(27-22(30)24)14-6-4-3-5-7-14/h3-9,12,31H,10-11H2,1-2H3,(H2,24,27)/i3D,4D,5D,6D,7D. The summed E-state index contributed by atoms with van der Waals surface area (Å²) in [6.07, 6.45) is 1.24. The number of aliphatic hydroxyl groups excluding tert-OH is 1. The van der Waals surface area contributed by atoms with Gasteiger partial charge in [0.15, 0.2) is 12.0 Å². The van der Waals surface area contributed by atoms with Crippen molar-refractivity contribution in [2.45, 2.75) is 20.1 Å². The van der Waals surface area contributed by atoms with Gasteiger partial charge < -0.3 is 20.0 Å². The third-order valence-electron chi connectivity index (χ3n) is 5.15. The molecule has 0 saturated heterocycles. The van der Waals surface area contributed by atoms with Crippen LogP contribution in [0.4, 0.5) is 5.95 Å². The monoisotopic (exact) mass is 464 g/mol. The lowest BCUT2D eigenvalue weighted by Crippen LogP contribution is -2.24. The number of benzene rings is 1. The van der Waals surface area contributed by atoms with Gasteiger partial charge in [0.1, 0.15) is 11.5 Å². The number of aromatic nitrogens is 6. The second-order valence-corrected chi connectivity index (χ2v) is 7.20. The minimum absolute atomic E-state index is 0.0207. The number of fused-ring (bicyclic) bond motifs is 1. The van der Waals surface area contributed by atoms with Crippen LogP contribution in [0.5, 0.6) is 5.88 Å². The number of nitrogens with two attached hydrogens (primary N) is 1. The molecule has 0 bridgehead atoms. The Morgan fingerprint density at radius 3 is 2.68 bits per heavy atom. The largest absolute Gasteiger partial charge is 0.481 e. The van der Waals surface area contributed by atoms with E-state index in [4.69, 9.17) is 21.7 Å². The molecule has 0 radical (unpaired) electrons. The van der Waals surface area contributed by atoms with Gasteiger partial charge >= 0.3 is 5.69 Å². The molecule has 5 rings (SSSR count). The molecule has 0 aliphatic heterocycles. The van der Waals surface area contributed by atoms with Crippen molar-refractivity contribution in [3.8, 4) is 28.3 Å². The second kappa shape index (κ2) is 8.45. The Balaban J connectivity index is 1.93. The van der Waals surface area contributed by atoms with E-state index in [1.807, 2.05) is 0 Å². The van der Waals surface area contributed by atoms with Crippen LogP contribution in [0.1, 0.15) is 24.0 Å². The predicted octanol–water partition coefficient (Wildman–Crippen LogP) is 2.05. The molecule has 0 aliphatic rings. The number of pyridine rings is 1. The summed E-state index contributed by atoms with van der Waals surface area (Å²) in [5.74, 6) is 0.266. The number of nitrogen functional groups attached to an aromatic ring is 1. The number of hydrogen-bond acceptors (Lipinski definition) is 9. The SMILES string of the molecule is [2H]c1c([2H])c([2H])c(-c2nc(N)n3c(=O)n(Cc4ncoc4C)nc3c2-c2cc(CO)nc(OC)c2)c([2H])c1[2H]. The molecule has 0 aliphatic carbocycles. The van der Waals surface area contributed by atoms with E-state index < -0.39 is 42.5 Å². The number of nitrogens with zero attached hydrogens (tertiary/aromatic N) is 6. The van der Waals surface area contributed by atoms with Crippen molar-refractivity contribution in [1.82, 2.24) is 29.1 Å². The molecule has 5 aromatic rings. The van der Waals surface area contributed by atoms with Gasteiger partial charge in [-0.3, -0.25) is 0 Å². The molecule has 0 fully saturated rings. The van der Waals surface area contributed by atoms with Crippen LogP contribution in [-0.2, 0) is 13.2 Å². The van der Waals surface area contributed by atoms with Crippen LogP contribution in [-0.4, -0.2) is 41.3 Å². The lowest BCUT2D eigenvalue weighted by atomic mass is 10.00. The Bertz CT molecular complexity index is 1780. The zero-order chi connectivity index (χ0) is 28.2. The van der Waals surface area contributed by atoms with Gasteiger partial charge in [0.2, 0.25) is 11.8 Å². The molecule has 0 atom stereocenters. The van der Waals surface area contributed by atoms with Crippen LogP contribution in [0.15, 0.2) is 58.0 Å². The van der Waals surface area contributed by atoms with E-state index >= 15 is 0 Å². The molecule has 11 nitrogen and oxygen atoms in total. The Hall–Kier alpha value is -4.51. The van der Waals surface area contributed by atoms with Crippen LogP contribution in [0.2, 0.25) is 0 Å². The Labute approximate surface area is 200 Å². The molecule has 172 valence electrons. The van der Waals surface area contributed by atoms with Crippen molar-refractivity contribution in [2.24, 2.45) is 0 Å². The Morgan fingerprint density at radius 1 is 1.21 bits per heavy atom. The molecule has 4 aromatic heterocycles. The first-order valence-electron chi connectivity index (χ1n) is 12.5. The fraction of sp³-hybridized carbons (Fsp3) is 0.174. The summed E-state index contributed by atoms with van der Waals surface area (Å²) in [6, 6.07) is 0.177. The van der Waals surface area contributed by atoms with Gasteiger partial charge in [0, 0.05) is 11.6 Å². The van der Waals surface area contributed by atoms with Gasteiger partial charge in [-0.15, -0.1) is 5.10 Å². The first-order valence-corrected chi connectivity index (χ1v) is 9.98. The lowest BCUT2D eigenvalue weighted by molar-refractivity contribution is 0.274. The quantitative estimate of drug-likeness (QED) is 0.385. The normalized spacial score (nSPS) is 13.3. The molecule has 0 spiro atoms. The average Bonchev–Trinajstić information content (AvgIpc) is 3.48. The summed E-state index contributed by atoms with van der Waals surface area (Å²) in [7, 11) is 1.37. The van der Waals surface area contributed by atoms with Crippen molar-refractivity contribution in [3.63, 3.8) is 0 Å². The van der Waals surface area contributed by atoms with Crippen LogP contribution in [0.3, 0.4) is 0 Å². The lowest BCUT2D eigenvalue weighted by Gasteiger charge is -2.13. The maximum Gasteiger partial charge on any atom is 0.353 e. The summed E-state index contributed by atoms with van der Waals surface area (Å²) < 4.78 is 54.0. The molecular weight excluding hydrogens is 438 g/mol. The highest BCUT2D eigenvalue weighted by Gasteiger charge is 2.23. The van der Waals surface area contributed by atoms with Gasteiger partial charge in [0.25, 0.3) is 0 Å². The summed E-state index contributed by atoms with van der Waals surface area (Å²) in [5.41, 5.74) is 6.21. The van der Waals surface area contributed by atoms with Crippen LogP contribution in [0.25, 0.3) is 28.0 Å². The highest BCUT2D eigenvalue weighted by atomic mass is 16.5. The van der Waals surface area contributed by atoms with Crippen molar-refractivity contribution in [2.75, 3.05) is 12.8 Å². The van der Waals surface area contributed by atoms with Crippen molar-refractivity contribution in [1.29, 1.82) is 0 Å². The van der Waals surface area contributed by atoms with Crippen molar-refractivity contribution < 1.29 is 21.1 Å². The van der Waals surface area contributed by atoms with E-state index in [1.165, 1.54) is 25.6 Å². The highest BCUT2D eigenvalue weighted by molar-refractivity contribution is 5.91. The van der Waals surface area contributed by atoms with Gasteiger partial charge in [-0.05, 0) is 18.6 Å². The van der Waals surface area contributed by atoms with Crippen molar-refractivity contribution in [3.05, 3.63) is 76.4 Å². The number of rotatable bonds is 6. The molecule has 4 heterocycles. The Morgan fingerprint density at radius 2 is 2.00 bits per heavy atom. The molecule has 1 aromatic carbocycles. The maximum absolute atomic E-state index is 13.4. The van der Waals surface area contributed by atoms with Gasteiger partial charge in [0.05, 0.1) is 44.1 Å². The summed E-state index contributed by atoms with van der Waals surface area (Å²) in [4.78, 5) is 26.0. The topological polar surface area (TPSA) is 147 Å². The molecule has 0 amide bonds. The van der Waals surface area contributed by atoms with Gasteiger partial charge in [-0.25, -0.2) is 28.8 Å². The third kappa shape index (κ3) is 3.57. The number of oxazole rings is 1. The fourth-order valence-corrected chi connectivity index (χ4v) is 3.53. The third-order valence-corrected chi connectivity index (χ3v) is 5.15. The van der Waals surface area contributed by atoms with Crippen LogP contribution >= 0.6 is 0 Å². The molecule has 3 N–H and O–H groups in total. The van der Waals surface area contributed by atoms with E-state index in [9.17, 15) is 9.90 Å². The maximum atomic E-state index is 13.4. The van der Waals surface area contributed by atoms with Crippen LogP contribution < -0.4 is 16.2 Å². The van der Waals surface area contributed by atoms with E-state index in [0.717, 1.165) is 9.08 Å². The first-order chi connectivity index (χ1) is 18.6. The highest BCUT2D eigenvalue weighted by Crippen LogP contribution is 2.35. The van der Waals surface area contributed by atoms with Gasteiger partial charge in [-0.2, -0.15) is 0 Å². The fourth-order valence-electron chi connectivity index (χ4n) is 3.53. The zero-order valence-corrected chi connectivity index (χ0v) is 18.1. The number of aliphatic hydroxyl groups is 1. The van der Waals surface area contributed by atoms with E-state index in [2.05, 4.69) is 20.1 Å². The second-order valence-electron chi connectivity index (χ2n) is 7.20. The molecular formula is C23H21N7O4. The van der Waals surface area contributed by atoms with E-state index in [0.29, 0.717) is 17.0 Å². The molecule has 34 heavy (non-hydrogen) atoms. The molecule has 0 saturated carbocycles. The summed E-state index contributed by atoms with van der Waals surface area (Å²) in [6.45, 7) is 1.16. The summed E-state index contributed by atoms with van der Waals surface area (Å²) in [5, 5.41) is 14.3. The number of ether oxygens (including phenoxy) is 1. The smallest absolute Gasteiger partial charge is 0.353 e.